The smallest absolute Gasteiger partial charge is 0.189 e. The van der Waals surface area contributed by atoms with Crippen LogP contribution in [-0.4, -0.2) is 129 Å². The van der Waals surface area contributed by atoms with Gasteiger partial charge in [0.2, 0.25) is 0 Å². The van der Waals surface area contributed by atoms with Gasteiger partial charge in [0.1, 0.15) is 48.8 Å². The number of aliphatic hydroxyl groups is 7. The Balaban J connectivity index is 1.64. The lowest BCUT2D eigenvalue weighted by Crippen LogP contribution is -2.62. The van der Waals surface area contributed by atoms with Crippen molar-refractivity contribution in [2.75, 3.05) is 19.8 Å². The molecule has 3 aliphatic heterocycles. The van der Waals surface area contributed by atoms with Crippen molar-refractivity contribution in [1.29, 1.82) is 0 Å². The molecular weight excluding hydrogens is 391 g/mol. The van der Waals surface area contributed by atoms with Crippen LogP contribution in [0.4, 0.5) is 4.39 Å². The normalized spacial score (nSPS) is 53.1. The van der Waals surface area contributed by atoms with Crippen LogP contribution in [0.3, 0.4) is 0 Å². The first-order valence-electron chi connectivity index (χ1n) is 8.77. The minimum atomic E-state index is -2.12. The quantitative estimate of drug-likeness (QED) is 0.232. The maximum Gasteiger partial charge on any atom is 0.189 e. The molecule has 3 heterocycles. The first kappa shape index (κ1) is 22.1. The van der Waals surface area contributed by atoms with E-state index in [1.807, 2.05) is 0 Å². The van der Waals surface area contributed by atoms with Crippen molar-refractivity contribution in [3.63, 3.8) is 0 Å². The molecule has 13 heteroatoms. The zero-order chi connectivity index (χ0) is 20.6. The first-order valence-corrected chi connectivity index (χ1v) is 8.77. The fourth-order valence-electron chi connectivity index (χ4n) is 3.19. The van der Waals surface area contributed by atoms with Gasteiger partial charge >= 0.3 is 0 Å². The number of alkyl halides is 1. The Morgan fingerprint density at radius 3 is 1.79 bits per heavy atom. The molecule has 12 nitrogen and oxygen atoms in total. The molecule has 12 atom stereocenters. The molecule has 7 N–H and O–H groups in total. The number of ether oxygens (including phenoxy) is 5. The highest BCUT2D eigenvalue weighted by Gasteiger charge is 2.49. The van der Waals surface area contributed by atoms with Crippen LogP contribution in [0.2, 0.25) is 0 Å². The molecule has 0 aromatic carbocycles. The minimum absolute atomic E-state index is 0.353. The van der Waals surface area contributed by atoms with E-state index in [0.29, 0.717) is 0 Å². The molecule has 164 valence electrons. The van der Waals surface area contributed by atoms with Crippen LogP contribution in [0.5, 0.6) is 0 Å². The monoisotopic (exact) mass is 416 g/mol. The highest BCUT2D eigenvalue weighted by Crippen LogP contribution is 2.28. The Kier molecular flexibility index (Phi) is 7.18. The second-order valence-electron chi connectivity index (χ2n) is 6.95. The molecule has 0 amide bonds. The van der Waals surface area contributed by atoms with E-state index in [1.54, 1.807) is 0 Å². The van der Waals surface area contributed by atoms with E-state index in [0.717, 1.165) is 0 Å². The van der Waals surface area contributed by atoms with Gasteiger partial charge in [0.15, 0.2) is 25.0 Å². The van der Waals surface area contributed by atoms with Crippen LogP contribution in [0.15, 0.2) is 0 Å². The van der Waals surface area contributed by atoms with E-state index in [4.69, 9.17) is 18.9 Å². The summed E-state index contributed by atoms with van der Waals surface area (Å²) in [6.45, 7) is -1.16. The van der Waals surface area contributed by atoms with Crippen LogP contribution in [-0.2, 0) is 23.7 Å². The molecule has 0 aromatic heterocycles. The SMILES string of the molecule is O[C@@H]1[C@@H](O)[C@H](O[C@@H]2[C@@H](O)[C@H](O[C@@H]3[C@@H](F)[C@H](O)OC[C@H]3O)OC[C@H]2O)OC[C@H]1O. The number of hydrogen-bond donors (Lipinski definition) is 7. The number of rotatable bonds is 4. The summed E-state index contributed by atoms with van der Waals surface area (Å²) in [5.74, 6) is 0. The average Bonchev–Trinajstić information content (AvgIpc) is 2.66. The van der Waals surface area contributed by atoms with Crippen molar-refractivity contribution >= 4 is 0 Å². The van der Waals surface area contributed by atoms with Gasteiger partial charge in [-0.3, -0.25) is 0 Å². The molecule has 0 bridgehead atoms. The van der Waals surface area contributed by atoms with Crippen LogP contribution in [0.25, 0.3) is 0 Å². The first-order chi connectivity index (χ1) is 13.2. The van der Waals surface area contributed by atoms with Gasteiger partial charge in [0.25, 0.3) is 0 Å². The molecule has 0 aromatic rings. The molecule has 0 unspecified atom stereocenters. The number of aliphatic hydroxyl groups excluding tert-OH is 7. The Morgan fingerprint density at radius 2 is 1.11 bits per heavy atom. The van der Waals surface area contributed by atoms with Crippen LogP contribution >= 0.6 is 0 Å². The van der Waals surface area contributed by atoms with Crippen molar-refractivity contribution in [3.8, 4) is 0 Å². The van der Waals surface area contributed by atoms with Crippen LogP contribution in [0, 0.1) is 0 Å². The Hall–Kier alpha value is -0.550. The van der Waals surface area contributed by atoms with E-state index in [-0.39, 0.29) is 6.61 Å². The van der Waals surface area contributed by atoms with E-state index in [1.165, 1.54) is 0 Å². The fourth-order valence-corrected chi connectivity index (χ4v) is 3.19. The lowest BCUT2D eigenvalue weighted by Gasteiger charge is -2.43. The second-order valence-corrected chi connectivity index (χ2v) is 6.95. The van der Waals surface area contributed by atoms with Gasteiger partial charge in [0, 0.05) is 0 Å². The van der Waals surface area contributed by atoms with E-state index < -0.39 is 87.1 Å². The van der Waals surface area contributed by atoms with E-state index in [2.05, 4.69) is 4.74 Å². The zero-order valence-corrected chi connectivity index (χ0v) is 14.6. The van der Waals surface area contributed by atoms with Crippen molar-refractivity contribution < 1.29 is 63.8 Å². The summed E-state index contributed by atoms with van der Waals surface area (Å²) in [5.41, 5.74) is 0. The van der Waals surface area contributed by atoms with E-state index in [9.17, 15) is 40.1 Å². The molecule has 0 aliphatic carbocycles. The van der Waals surface area contributed by atoms with Gasteiger partial charge in [-0.25, -0.2) is 4.39 Å². The summed E-state index contributed by atoms with van der Waals surface area (Å²) in [4.78, 5) is 0. The van der Waals surface area contributed by atoms with Gasteiger partial charge in [-0.05, 0) is 0 Å². The van der Waals surface area contributed by atoms with Crippen molar-refractivity contribution in [1.82, 2.24) is 0 Å². The molecule has 3 fully saturated rings. The predicted molar refractivity (Wildman–Crippen MR) is 82.1 cm³/mol. The molecule has 3 aliphatic rings. The Bertz CT molecular complexity index is 513. The van der Waals surface area contributed by atoms with Crippen molar-refractivity contribution in [2.45, 2.75) is 73.9 Å². The maximum absolute atomic E-state index is 14.1. The Morgan fingerprint density at radius 1 is 0.607 bits per heavy atom. The maximum atomic E-state index is 14.1. The topological polar surface area (TPSA) is 188 Å². The lowest BCUT2D eigenvalue weighted by molar-refractivity contribution is -0.351. The van der Waals surface area contributed by atoms with Gasteiger partial charge in [-0.2, -0.15) is 0 Å². The summed E-state index contributed by atoms with van der Waals surface area (Å²) in [6, 6.07) is 0. The third-order valence-electron chi connectivity index (χ3n) is 4.87. The summed E-state index contributed by atoms with van der Waals surface area (Å²) >= 11 is 0. The van der Waals surface area contributed by atoms with Gasteiger partial charge in [0.05, 0.1) is 19.8 Å². The summed E-state index contributed by atoms with van der Waals surface area (Å²) in [6.07, 6.45) is -19.1. The largest absolute Gasteiger partial charge is 0.388 e. The van der Waals surface area contributed by atoms with Gasteiger partial charge < -0.3 is 59.4 Å². The molecule has 28 heavy (non-hydrogen) atoms. The Labute approximate surface area is 158 Å². The third kappa shape index (κ3) is 4.45. The molecule has 3 rings (SSSR count). The predicted octanol–water partition coefficient (Wildman–Crippen LogP) is -4.68. The zero-order valence-electron chi connectivity index (χ0n) is 14.6. The number of halogens is 1. The summed E-state index contributed by atoms with van der Waals surface area (Å²) < 4.78 is 39.5. The third-order valence-corrected chi connectivity index (χ3v) is 4.87. The summed E-state index contributed by atoms with van der Waals surface area (Å²) in [5, 5.41) is 68.8. The molecule has 0 radical (unpaired) electrons. The number of hydrogen-bond acceptors (Lipinski definition) is 12. The van der Waals surface area contributed by atoms with Crippen LogP contribution in [0.1, 0.15) is 0 Å². The second kappa shape index (κ2) is 9.07. The average molecular weight is 416 g/mol. The van der Waals surface area contributed by atoms with Gasteiger partial charge in [-0.1, -0.05) is 0 Å². The molecular formula is C15H25FO12. The van der Waals surface area contributed by atoms with Gasteiger partial charge in [-0.15, -0.1) is 0 Å². The minimum Gasteiger partial charge on any atom is -0.388 e. The van der Waals surface area contributed by atoms with Crippen molar-refractivity contribution in [3.05, 3.63) is 0 Å². The molecule has 0 saturated carbocycles. The standard InChI is InChI=1S/C15H25FO12/c16-7-11(5(18)2-24-13(7)23)27-15-10(22)12(6(19)3-26-15)28-14-9(21)8(20)4(17)1-25-14/h4-15,17-23H,1-3H2/t4-,5-,6-,7-,8+,9-,10-,11+,12+,13-,14+,15+/m1/s1. The highest BCUT2D eigenvalue weighted by atomic mass is 19.1. The lowest BCUT2D eigenvalue weighted by atomic mass is 10.0. The fraction of sp³-hybridized carbons (Fsp3) is 1.00. The molecule has 3 saturated heterocycles. The summed E-state index contributed by atoms with van der Waals surface area (Å²) in [7, 11) is 0. The molecule has 0 spiro atoms. The highest BCUT2D eigenvalue weighted by molar-refractivity contribution is 4.90. The van der Waals surface area contributed by atoms with Crippen LogP contribution < -0.4 is 0 Å². The van der Waals surface area contributed by atoms with Crippen molar-refractivity contribution in [2.24, 2.45) is 0 Å². The van der Waals surface area contributed by atoms with E-state index >= 15 is 0 Å².